The lowest BCUT2D eigenvalue weighted by Crippen LogP contribution is -2.47. The molecule has 1 atom stereocenters. The molecule has 0 aromatic heterocycles. The number of amides is 2. The van der Waals surface area contributed by atoms with Gasteiger partial charge in [0, 0.05) is 5.02 Å². The molecule has 0 saturated heterocycles. The summed E-state index contributed by atoms with van der Waals surface area (Å²) < 4.78 is 19.4. The first-order chi connectivity index (χ1) is 12.8. The summed E-state index contributed by atoms with van der Waals surface area (Å²) in [7, 11) is 0. The smallest absolute Gasteiger partial charge is 0.255 e. The number of nitrogens with one attached hydrogen (secondary N) is 2. The lowest BCUT2D eigenvalue weighted by Gasteiger charge is -2.22. The second kappa shape index (κ2) is 9.37. The van der Waals surface area contributed by atoms with E-state index in [4.69, 9.17) is 16.3 Å². The molecule has 0 radical (unpaired) electrons. The zero-order valence-electron chi connectivity index (χ0n) is 15.4. The second-order valence-electron chi connectivity index (χ2n) is 6.24. The molecule has 2 N–H and O–H groups in total. The summed E-state index contributed by atoms with van der Waals surface area (Å²) in [6.45, 7) is 5.81. The number of rotatable bonds is 7. The van der Waals surface area contributed by atoms with Crippen LogP contribution in [0.1, 0.15) is 31.1 Å². The second-order valence-corrected chi connectivity index (χ2v) is 6.67. The van der Waals surface area contributed by atoms with Gasteiger partial charge in [0.1, 0.15) is 17.6 Å². The zero-order chi connectivity index (χ0) is 20.0. The molecule has 0 spiro atoms. The molecule has 0 aliphatic heterocycles. The van der Waals surface area contributed by atoms with Crippen molar-refractivity contribution < 1.29 is 18.7 Å². The molecule has 2 rings (SSSR count). The molecule has 0 bridgehead atoms. The van der Waals surface area contributed by atoms with Crippen LogP contribution in [0.3, 0.4) is 0 Å². The minimum Gasteiger partial charge on any atom is -0.493 e. The lowest BCUT2D eigenvalue weighted by atomic mass is 10.0. The Morgan fingerprint density at radius 2 is 1.89 bits per heavy atom. The van der Waals surface area contributed by atoms with E-state index in [1.165, 1.54) is 12.1 Å². The van der Waals surface area contributed by atoms with E-state index in [2.05, 4.69) is 10.6 Å². The zero-order valence-corrected chi connectivity index (χ0v) is 16.1. The molecule has 2 amide bonds. The van der Waals surface area contributed by atoms with E-state index in [0.29, 0.717) is 17.9 Å². The third-order valence-electron chi connectivity index (χ3n) is 3.86. The molecule has 144 valence electrons. The first-order valence-electron chi connectivity index (χ1n) is 8.62. The van der Waals surface area contributed by atoms with Gasteiger partial charge >= 0.3 is 0 Å². The molecule has 0 unspecified atom stereocenters. The molecular formula is C20H22ClFN2O3. The highest BCUT2D eigenvalue weighted by molar-refractivity contribution is 6.30. The molecule has 7 heteroatoms. The molecule has 0 saturated carbocycles. The quantitative estimate of drug-likeness (QED) is 0.739. The normalized spacial score (nSPS) is 11.8. The summed E-state index contributed by atoms with van der Waals surface area (Å²) in [6, 6.07) is 9.88. The van der Waals surface area contributed by atoms with Crippen LogP contribution in [0.2, 0.25) is 5.02 Å². The van der Waals surface area contributed by atoms with Crippen molar-refractivity contribution in [1.82, 2.24) is 5.32 Å². The standard InChI is InChI=1S/C20H22ClFN2O3/c1-4-27-17-8-6-5-7-14(17)19(25)24-18(12(2)3)20(26)23-16-10-9-13(21)11-15(16)22/h5-12,18H,4H2,1-3H3,(H,23,26)(H,24,25)/t18-/m1/s1. The third-order valence-corrected chi connectivity index (χ3v) is 4.09. The number of halogens is 2. The summed E-state index contributed by atoms with van der Waals surface area (Å²) in [5, 5.41) is 5.43. The van der Waals surface area contributed by atoms with Crippen LogP contribution in [-0.4, -0.2) is 24.5 Å². The minimum atomic E-state index is -0.859. The molecule has 0 heterocycles. The van der Waals surface area contributed by atoms with E-state index in [9.17, 15) is 14.0 Å². The summed E-state index contributed by atoms with van der Waals surface area (Å²) in [5.74, 6) is -1.39. The van der Waals surface area contributed by atoms with Crippen molar-refractivity contribution in [1.29, 1.82) is 0 Å². The average Bonchev–Trinajstić information content (AvgIpc) is 2.62. The number of carbonyl (C=O) groups is 2. The summed E-state index contributed by atoms with van der Waals surface area (Å²) >= 11 is 5.72. The Labute approximate surface area is 162 Å². The predicted octanol–water partition coefficient (Wildman–Crippen LogP) is 4.27. The Morgan fingerprint density at radius 3 is 2.52 bits per heavy atom. The van der Waals surface area contributed by atoms with Crippen molar-refractivity contribution in [2.45, 2.75) is 26.8 Å². The van der Waals surface area contributed by atoms with Crippen LogP contribution in [-0.2, 0) is 4.79 Å². The van der Waals surface area contributed by atoms with Crippen LogP contribution in [0.15, 0.2) is 42.5 Å². The van der Waals surface area contributed by atoms with Crippen LogP contribution in [0.4, 0.5) is 10.1 Å². The SMILES string of the molecule is CCOc1ccccc1C(=O)N[C@@H](C(=O)Nc1ccc(Cl)cc1F)C(C)C. The van der Waals surface area contributed by atoms with E-state index in [-0.39, 0.29) is 16.6 Å². The molecule has 2 aromatic rings. The van der Waals surface area contributed by atoms with Gasteiger partial charge in [-0.2, -0.15) is 0 Å². The van der Waals surface area contributed by atoms with Gasteiger partial charge in [-0.05, 0) is 43.2 Å². The van der Waals surface area contributed by atoms with Gasteiger partial charge in [-0.25, -0.2) is 4.39 Å². The van der Waals surface area contributed by atoms with Crippen LogP contribution in [0, 0.1) is 11.7 Å². The highest BCUT2D eigenvalue weighted by atomic mass is 35.5. The fourth-order valence-corrected chi connectivity index (χ4v) is 2.65. The van der Waals surface area contributed by atoms with Gasteiger partial charge in [-0.15, -0.1) is 0 Å². The first-order valence-corrected chi connectivity index (χ1v) is 8.99. The highest BCUT2D eigenvalue weighted by Gasteiger charge is 2.26. The molecule has 27 heavy (non-hydrogen) atoms. The van der Waals surface area contributed by atoms with Gasteiger partial charge in [0.2, 0.25) is 5.91 Å². The number of hydrogen-bond acceptors (Lipinski definition) is 3. The van der Waals surface area contributed by atoms with Gasteiger partial charge in [-0.1, -0.05) is 37.6 Å². The van der Waals surface area contributed by atoms with Crippen molar-refractivity contribution in [3.05, 3.63) is 58.9 Å². The maximum atomic E-state index is 13.9. The molecular weight excluding hydrogens is 371 g/mol. The van der Waals surface area contributed by atoms with Crippen molar-refractivity contribution in [2.75, 3.05) is 11.9 Å². The van der Waals surface area contributed by atoms with E-state index in [0.717, 1.165) is 6.07 Å². The van der Waals surface area contributed by atoms with Crippen molar-refractivity contribution in [3.63, 3.8) is 0 Å². The molecule has 0 aliphatic rings. The first kappa shape index (κ1) is 20.7. The van der Waals surface area contributed by atoms with Crippen molar-refractivity contribution in [3.8, 4) is 5.75 Å². The Kier molecular flexibility index (Phi) is 7.19. The van der Waals surface area contributed by atoms with Crippen molar-refractivity contribution >= 4 is 29.1 Å². The number of benzene rings is 2. The van der Waals surface area contributed by atoms with Crippen LogP contribution >= 0.6 is 11.6 Å². The molecule has 0 aliphatic carbocycles. The Balaban J connectivity index is 2.17. The predicted molar refractivity (Wildman–Crippen MR) is 104 cm³/mol. The summed E-state index contributed by atoms with van der Waals surface area (Å²) in [4.78, 5) is 25.3. The minimum absolute atomic E-state index is 0.000912. The maximum Gasteiger partial charge on any atom is 0.255 e. The van der Waals surface area contributed by atoms with E-state index in [1.807, 2.05) is 6.92 Å². The summed E-state index contributed by atoms with van der Waals surface area (Å²) in [6.07, 6.45) is 0. The highest BCUT2D eigenvalue weighted by Crippen LogP contribution is 2.21. The molecule has 0 fully saturated rings. The van der Waals surface area contributed by atoms with Crippen molar-refractivity contribution in [2.24, 2.45) is 5.92 Å². The van der Waals surface area contributed by atoms with Gasteiger partial charge in [0.15, 0.2) is 0 Å². The van der Waals surface area contributed by atoms with Crippen LogP contribution in [0.5, 0.6) is 5.75 Å². The summed E-state index contributed by atoms with van der Waals surface area (Å²) in [5.41, 5.74) is 0.328. The monoisotopic (exact) mass is 392 g/mol. The third kappa shape index (κ3) is 5.44. The Hall–Kier alpha value is -2.60. The van der Waals surface area contributed by atoms with E-state index in [1.54, 1.807) is 38.1 Å². The van der Waals surface area contributed by atoms with Crippen LogP contribution < -0.4 is 15.4 Å². The number of hydrogen-bond donors (Lipinski definition) is 2. The van der Waals surface area contributed by atoms with Gasteiger partial charge < -0.3 is 15.4 Å². The Bertz CT molecular complexity index is 827. The number of carbonyl (C=O) groups excluding carboxylic acids is 2. The van der Waals surface area contributed by atoms with Crippen LogP contribution in [0.25, 0.3) is 0 Å². The average molecular weight is 393 g/mol. The van der Waals surface area contributed by atoms with E-state index >= 15 is 0 Å². The number of ether oxygens (including phenoxy) is 1. The Morgan fingerprint density at radius 1 is 1.19 bits per heavy atom. The molecule has 5 nitrogen and oxygen atoms in total. The van der Waals surface area contributed by atoms with Gasteiger partial charge in [-0.3, -0.25) is 9.59 Å². The van der Waals surface area contributed by atoms with Gasteiger partial charge in [0.05, 0.1) is 17.9 Å². The number of anilines is 1. The topological polar surface area (TPSA) is 67.4 Å². The lowest BCUT2D eigenvalue weighted by molar-refractivity contribution is -0.118. The van der Waals surface area contributed by atoms with Gasteiger partial charge in [0.25, 0.3) is 5.91 Å². The largest absolute Gasteiger partial charge is 0.493 e. The number of para-hydroxylation sites is 1. The fraction of sp³-hybridized carbons (Fsp3) is 0.300. The maximum absolute atomic E-state index is 13.9. The fourth-order valence-electron chi connectivity index (χ4n) is 2.49. The van der Waals surface area contributed by atoms with E-state index < -0.39 is 23.7 Å². The molecule has 2 aromatic carbocycles.